The second-order valence-electron chi connectivity index (χ2n) is 5.89. The number of ether oxygens (including phenoxy) is 3. The van der Waals surface area contributed by atoms with E-state index in [1.807, 2.05) is 24.3 Å². The predicted octanol–water partition coefficient (Wildman–Crippen LogP) is 2.48. The Balaban J connectivity index is 1.79. The van der Waals surface area contributed by atoms with Gasteiger partial charge in [-0.3, -0.25) is 0 Å². The number of fused-ring (bicyclic) bond motifs is 1. The topological polar surface area (TPSA) is 90.4 Å². The minimum absolute atomic E-state index is 0.181. The van der Waals surface area contributed by atoms with E-state index in [0.717, 1.165) is 29.0 Å². The zero-order valence-electron chi connectivity index (χ0n) is 13.1. The van der Waals surface area contributed by atoms with Crippen molar-refractivity contribution in [1.29, 1.82) is 5.26 Å². The maximum atomic E-state index is 9.43. The summed E-state index contributed by atoms with van der Waals surface area (Å²) in [7, 11) is 0. The van der Waals surface area contributed by atoms with Crippen LogP contribution in [0.15, 0.2) is 24.3 Å². The van der Waals surface area contributed by atoms with Gasteiger partial charge < -0.3 is 19.9 Å². The molecule has 2 aromatic rings. The Morgan fingerprint density at radius 1 is 1.12 bits per heavy atom. The average Bonchev–Trinajstić information content (AvgIpc) is 3.15. The Morgan fingerprint density at radius 2 is 1.96 bits per heavy atom. The molecule has 1 aromatic carbocycles. The Morgan fingerprint density at radius 3 is 2.71 bits per heavy atom. The standard InChI is InChI=1S/C18H17N3O3/c19-9-14-13(12-3-4-22-10-12)8-15(21-18(14)20)11-1-2-16-17(7-11)24-6-5-23-16/h1-2,7-8,12H,3-6,10H2,(H2,20,21). The lowest BCUT2D eigenvalue weighted by atomic mass is 9.93. The van der Waals surface area contributed by atoms with Crippen LogP contribution in [0.4, 0.5) is 5.82 Å². The number of nitrogens with zero attached hydrogens (tertiary/aromatic N) is 2. The highest BCUT2D eigenvalue weighted by Crippen LogP contribution is 2.37. The van der Waals surface area contributed by atoms with Crippen LogP contribution in [0.3, 0.4) is 0 Å². The van der Waals surface area contributed by atoms with Gasteiger partial charge in [0.25, 0.3) is 0 Å². The van der Waals surface area contributed by atoms with E-state index < -0.39 is 0 Å². The fourth-order valence-electron chi connectivity index (χ4n) is 3.16. The van der Waals surface area contributed by atoms with Crippen LogP contribution < -0.4 is 15.2 Å². The molecular formula is C18H17N3O3. The number of hydrogen-bond donors (Lipinski definition) is 1. The number of nitriles is 1. The van der Waals surface area contributed by atoms with Gasteiger partial charge in [0, 0.05) is 18.1 Å². The molecule has 0 radical (unpaired) electrons. The third-order valence-corrected chi connectivity index (χ3v) is 4.40. The Hall–Kier alpha value is -2.78. The van der Waals surface area contributed by atoms with Gasteiger partial charge in [-0.15, -0.1) is 0 Å². The zero-order valence-corrected chi connectivity index (χ0v) is 13.1. The molecule has 1 unspecified atom stereocenters. The number of benzene rings is 1. The third-order valence-electron chi connectivity index (χ3n) is 4.40. The molecule has 0 bridgehead atoms. The monoisotopic (exact) mass is 323 g/mol. The van der Waals surface area contributed by atoms with Gasteiger partial charge in [0.1, 0.15) is 25.1 Å². The summed E-state index contributed by atoms with van der Waals surface area (Å²) in [6.07, 6.45) is 0.888. The van der Waals surface area contributed by atoms with E-state index in [1.165, 1.54) is 0 Å². The van der Waals surface area contributed by atoms with Gasteiger partial charge >= 0.3 is 0 Å². The molecule has 1 fully saturated rings. The van der Waals surface area contributed by atoms with E-state index in [0.29, 0.717) is 37.7 Å². The van der Waals surface area contributed by atoms with Crippen molar-refractivity contribution in [1.82, 2.24) is 4.98 Å². The Bertz CT molecular complexity index is 823. The normalized spacial score (nSPS) is 19.0. The summed E-state index contributed by atoms with van der Waals surface area (Å²) in [6.45, 7) is 2.40. The summed E-state index contributed by atoms with van der Waals surface area (Å²) in [6, 6.07) is 9.83. The number of hydrogen-bond acceptors (Lipinski definition) is 6. The molecule has 1 aromatic heterocycles. The van der Waals surface area contributed by atoms with E-state index in [9.17, 15) is 5.26 Å². The van der Waals surface area contributed by atoms with Crippen LogP contribution in [0.5, 0.6) is 11.5 Å². The Kier molecular flexibility index (Phi) is 3.71. The largest absolute Gasteiger partial charge is 0.486 e. The number of rotatable bonds is 2. The van der Waals surface area contributed by atoms with Crippen LogP contribution in [0, 0.1) is 11.3 Å². The van der Waals surface area contributed by atoms with E-state index in [1.54, 1.807) is 0 Å². The highest BCUT2D eigenvalue weighted by atomic mass is 16.6. The summed E-state index contributed by atoms with van der Waals surface area (Å²) in [5.74, 6) is 1.87. The third kappa shape index (κ3) is 2.53. The predicted molar refractivity (Wildman–Crippen MR) is 88.0 cm³/mol. The van der Waals surface area contributed by atoms with Crippen LogP contribution in [0.2, 0.25) is 0 Å². The van der Waals surface area contributed by atoms with E-state index in [4.69, 9.17) is 19.9 Å². The number of pyridine rings is 1. The Labute approximate surface area is 139 Å². The molecule has 4 rings (SSSR count). The van der Waals surface area contributed by atoms with E-state index in [-0.39, 0.29) is 11.7 Å². The van der Waals surface area contributed by atoms with Gasteiger partial charge in [-0.2, -0.15) is 5.26 Å². The lowest BCUT2D eigenvalue weighted by Crippen LogP contribution is -2.15. The molecule has 3 heterocycles. The molecule has 24 heavy (non-hydrogen) atoms. The molecule has 1 atom stereocenters. The molecule has 0 spiro atoms. The summed E-state index contributed by atoms with van der Waals surface area (Å²) in [5.41, 5.74) is 9.02. The minimum atomic E-state index is 0.181. The summed E-state index contributed by atoms with van der Waals surface area (Å²) >= 11 is 0. The van der Waals surface area contributed by atoms with E-state index >= 15 is 0 Å². The highest BCUT2D eigenvalue weighted by Gasteiger charge is 2.24. The molecule has 2 aliphatic rings. The first-order chi connectivity index (χ1) is 11.8. The molecule has 6 nitrogen and oxygen atoms in total. The summed E-state index contributed by atoms with van der Waals surface area (Å²) < 4.78 is 16.6. The number of anilines is 1. The second kappa shape index (κ2) is 6.02. The first-order valence-corrected chi connectivity index (χ1v) is 7.94. The van der Waals surface area contributed by atoms with Gasteiger partial charge in [0.15, 0.2) is 11.5 Å². The van der Waals surface area contributed by atoms with Crippen LogP contribution in [0.25, 0.3) is 11.3 Å². The maximum absolute atomic E-state index is 9.43. The number of nitrogen functional groups attached to an aromatic ring is 1. The second-order valence-corrected chi connectivity index (χ2v) is 5.89. The van der Waals surface area contributed by atoms with Crippen molar-refractivity contribution in [3.63, 3.8) is 0 Å². The van der Waals surface area contributed by atoms with Gasteiger partial charge in [0.05, 0.1) is 17.9 Å². The van der Waals surface area contributed by atoms with Crippen molar-refractivity contribution in [2.75, 3.05) is 32.2 Å². The number of nitrogens with two attached hydrogens (primary N) is 1. The molecule has 1 saturated heterocycles. The SMILES string of the molecule is N#Cc1c(C2CCOC2)cc(-c2ccc3c(c2)OCCO3)nc1N. The zero-order chi connectivity index (χ0) is 16.5. The molecule has 2 aliphatic heterocycles. The van der Waals surface area contributed by atoms with Gasteiger partial charge in [-0.25, -0.2) is 4.98 Å². The van der Waals surface area contributed by atoms with Crippen molar-refractivity contribution >= 4 is 5.82 Å². The van der Waals surface area contributed by atoms with Crippen LogP contribution in [-0.2, 0) is 4.74 Å². The fourth-order valence-corrected chi connectivity index (χ4v) is 3.16. The summed E-state index contributed by atoms with van der Waals surface area (Å²) in [5, 5.41) is 9.43. The molecule has 0 saturated carbocycles. The summed E-state index contributed by atoms with van der Waals surface area (Å²) in [4.78, 5) is 4.41. The molecule has 2 N–H and O–H groups in total. The molecule has 0 aliphatic carbocycles. The molecule has 122 valence electrons. The smallest absolute Gasteiger partial charge is 0.162 e. The van der Waals surface area contributed by atoms with Crippen LogP contribution >= 0.6 is 0 Å². The van der Waals surface area contributed by atoms with Crippen LogP contribution in [0.1, 0.15) is 23.5 Å². The first-order valence-electron chi connectivity index (χ1n) is 7.94. The molecular weight excluding hydrogens is 306 g/mol. The van der Waals surface area contributed by atoms with Crippen molar-refractivity contribution < 1.29 is 14.2 Å². The van der Waals surface area contributed by atoms with Gasteiger partial charge in [0.2, 0.25) is 0 Å². The van der Waals surface area contributed by atoms with Crippen LogP contribution in [-0.4, -0.2) is 31.4 Å². The van der Waals surface area contributed by atoms with Gasteiger partial charge in [-0.05, 0) is 36.2 Å². The van der Waals surface area contributed by atoms with Crippen molar-refractivity contribution in [2.45, 2.75) is 12.3 Å². The molecule has 0 amide bonds. The van der Waals surface area contributed by atoms with Crippen molar-refractivity contribution in [3.8, 4) is 28.8 Å². The van der Waals surface area contributed by atoms with Crippen molar-refractivity contribution in [3.05, 3.63) is 35.4 Å². The minimum Gasteiger partial charge on any atom is -0.486 e. The van der Waals surface area contributed by atoms with Crippen molar-refractivity contribution in [2.24, 2.45) is 0 Å². The fraction of sp³-hybridized carbons (Fsp3) is 0.333. The quantitative estimate of drug-likeness (QED) is 0.913. The first kappa shape index (κ1) is 14.8. The maximum Gasteiger partial charge on any atom is 0.162 e. The average molecular weight is 323 g/mol. The molecule has 6 heteroatoms. The van der Waals surface area contributed by atoms with Gasteiger partial charge in [-0.1, -0.05) is 0 Å². The lowest BCUT2D eigenvalue weighted by molar-refractivity contribution is 0.171. The highest BCUT2D eigenvalue weighted by molar-refractivity contribution is 5.69. The van der Waals surface area contributed by atoms with E-state index in [2.05, 4.69) is 11.1 Å². The number of aromatic nitrogens is 1. The lowest BCUT2D eigenvalue weighted by Gasteiger charge is -2.19.